The predicted octanol–water partition coefficient (Wildman–Crippen LogP) is 2.19. The average Bonchev–Trinajstić information content (AvgIpc) is 2.52. The van der Waals surface area contributed by atoms with Crippen LogP contribution < -0.4 is 11.2 Å². The van der Waals surface area contributed by atoms with Crippen molar-refractivity contribution in [2.75, 3.05) is 5.73 Å². The molecule has 2 aromatic heterocycles. The SMILES string of the molecule is Nc1cc(=O)c(O)cn1-c1cccc(-c2cccnc2)c1. The summed E-state index contributed by atoms with van der Waals surface area (Å²) in [5.41, 5.74) is 8.06. The van der Waals surface area contributed by atoms with Crippen molar-refractivity contribution in [3.8, 4) is 22.6 Å². The standard InChI is InChI=1S/C16H13N3O2/c17-16-8-14(20)15(21)10-19(16)13-5-1-3-11(7-13)12-4-2-6-18-9-12/h1-10,21H,17H2. The number of hydrogen-bond acceptors (Lipinski definition) is 4. The van der Waals surface area contributed by atoms with Crippen molar-refractivity contribution in [1.82, 2.24) is 9.55 Å². The Morgan fingerprint density at radius 2 is 1.90 bits per heavy atom. The van der Waals surface area contributed by atoms with Gasteiger partial charge in [-0.2, -0.15) is 0 Å². The number of nitrogens with zero attached hydrogens (tertiary/aromatic N) is 2. The molecule has 0 saturated carbocycles. The van der Waals surface area contributed by atoms with Gasteiger partial charge >= 0.3 is 0 Å². The van der Waals surface area contributed by atoms with E-state index >= 15 is 0 Å². The van der Waals surface area contributed by atoms with E-state index < -0.39 is 5.43 Å². The molecule has 5 heteroatoms. The van der Waals surface area contributed by atoms with Crippen molar-refractivity contribution in [3.63, 3.8) is 0 Å². The Kier molecular flexibility index (Phi) is 3.16. The van der Waals surface area contributed by atoms with Crippen LogP contribution >= 0.6 is 0 Å². The molecule has 5 nitrogen and oxygen atoms in total. The number of aromatic hydroxyl groups is 1. The van der Waals surface area contributed by atoms with E-state index in [1.165, 1.54) is 12.3 Å². The molecule has 21 heavy (non-hydrogen) atoms. The van der Waals surface area contributed by atoms with E-state index in [-0.39, 0.29) is 11.6 Å². The first-order chi connectivity index (χ1) is 10.1. The molecule has 2 heterocycles. The first-order valence-corrected chi connectivity index (χ1v) is 6.37. The van der Waals surface area contributed by atoms with E-state index in [0.717, 1.165) is 16.8 Å². The monoisotopic (exact) mass is 279 g/mol. The second kappa shape index (κ2) is 5.13. The van der Waals surface area contributed by atoms with Crippen LogP contribution in [-0.4, -0.2) is 14.7 Å². The van der Waals surface area contributed by atoms with Gasteiger partial charge in [-0.15, -0.1) is 0 Å². The Morgan fingerprint density at radius 1 is 1.10 bits per heavy atom. The fourth-order valence-corrected chi connectivity index (χ4v) is 2.13. The molecule has 0 aliphatic rings. The van der Waals surface area contributed by atoms with Crippen molar-refractivity contribution in [3.05, 3.63) is 71.3 Å². The Bertz CT molecular complexity index is 842. The third kappa shape index (κ3) is 2.49. The molecule has 0 fully saturated rings. The van der Waals surface area contributed by atoms with Gasteiger partial charge in [0.05, 0.1) is 6.20 Å². The minimum Gasteiger partial charge on any atom is -0.503 e. The van der Waals surface area contributed by atoms with Crippen LogP contribution in [-0.2, 0) is 0 Å². The number of hydrogen-bond donors (Lipinski definition) is 2. The quantitative estimate of drug-likeness (QED) is 0.753. The number of aromatic nitrogens is 2. The highest BCUT2D eigenvalue weighted by Crippen LogP contribution is 2.23. The smallest absolute Gasteiger partial charge is 0.225 e. The number of anilines is 1. The maximum absolute atomic E-state index is 11.4. The minimum atomic E-state index is -0.493. The first-order valence-electron chi connectivity index (χ1n) is 6.37. The van der Waals surface area contributed by atoms with E-state index in [0.29, 0.717) is 0 Å². The highest BCUT2D eigenvalue weighted by molar-refractivity contribution is 5.65. The lowest BCUT2D eigenvalue weighted by Crippen LogP contribution is -2.10. The number of nitrogens with two attached hydrogens (primary N) is 1. The highest BCUT2D eigenvalue weighted by Gasteiger charge is 2.06. The predicted molar refractivity (Wildman–Crippen MR) is 81.3 cm³/mol. The molecular formula is C16H13N3O2. The molecular weight excluding hydrogens is 266 g/mol. The van der Waals surface area contributed by atoms with E-state index in [4.69, 9.17) is 5.73 Å². The van der Waals surface area contributed by atoms with Gasteiger partial charge < -0.3 is 10.8 Å². The number of benzene rings is 1. The summed E-state index contributed by atoms with van der Waals surface area (Å²) in [4.78, 5) is 15.5. The lowest BCUT2D eigenvalue weighted by Gasteiger charge is -2.12. The Hall–Kier alpha value is -3.08. The van der Waals surface area contributed by atoms with Gasteiger partial charge in [0.15, 0.2) is 5.75 Å². The van der Waals surface area contributed by atoms with E-state index in [2.05, 4.69) is 4.98 Å². The molecule has 3 N–H and O–H groups in total. The van der Waals surface area contributed by atoms with Crippen molar-refractivity contribution >= 4 is 5.82 Å². The van der Waals surface area contributed by atoms with E-state index in [1.807, 2.05) is 36.4 Å². The zero-order valence-corrected chi connectivity index (χ0v) is 11.1. The second-order valence-electron chi connectivity index (χ2n) is 4.61. The van der Waals surface area contributed by atoms with Gasteiger partial charge in [0.1, 0.15) is 5.82 Å². The molecule has 0 aliphatic heterocycles. The lowest BCUT2D eigenvalue weighted by atomic mass is 10.1. The maximum atomic E-state index is 11.4. The van der Waals surface area contributed by atoms with Gasteiger partial charge in [-0.05, 0) is 23.8 Å². The summed E-state index contributed by atoms with van der Waals surface area (Å²) in [6.07, 6.45) is 4.80. The van der Waals surface area contributed by atoms with Gasteiger partial charge in [0.25, 0.3) is 0 Å². The highest BCUT2D eigenvalue weighted by atomic mass is 16.3. The van der Waals surface area contributed by atoms with Crippen LogP contribution in [0.25, 0.3) is 16.8 Å². The van der Waals surface area contributed by atoms with E-state index in [1.54, 1.807) is 17.0 Å². The summed E-state index contributed by atoms with van der Waals surface area (Å²) >= 11 is 0. The molecule has 3 aromatic rings. The molecule has 0 saturated heterocycles. The Morgan fingerprint density at radius 3 is 2.67 bits per heavy atom. The summed E-state index contributed by atoms with van der Waals surface area (Å²) in [7, 11) is 0. The van der Waals surface area contributed by atoms with Gasteiger partial charge in [0.2, 0.25) is 5.43 Å². The van der Waals surface area contributed by atoms with Crippen LogP contribution in [0.3, 0.4) is 0 Å². The van der Waals surface area contributed by atoms with Gasteiger partial charge in [-0.1, -0.05) is 18.2 Å². The molecule has 0 bridgehead atoms. The summed E-state index contributed by atoms with van der Waals surface area (Å²) in [5.74, 6) is -0.0721. The third-order valence-electron chi connectivity index (χ3n) is 3.18. The van der Waals surface area contributed by atoms with Gasteiger partial charge in [-0.3, -0.25) is 14.3 Å². The summed E-state index contributed by atoms with van der Waals surface area (Å²) in [6, 6.07) is 12.6. The van der Waals surface area contributed by atoms with Crippen LogP contribution in [0.1, 0.15) is 0 Å². The summed E-state index contributed by atoms with van der Waals surface area (Å²) in [5, 5.41) is 9.57. The first kappa shape index (κ1) is 12.9. The Balaban J connectivity index is 2.13. The maximum Gasteiger partial charge on any atom is 0.225 e. The molecule has 0 radical (unpaired) electrons. The van der Waals surface area contributed by atoms with Gasteiger partial charge in [0, 0.05) is 29.7 Å². The van der Waals surface area contributed by atoms with Crippen molar-refractivity contribution < 1.29 is 5.11 Å². The van der Waals surface area contributed by atoms with E-state index in [9.17, 15) is 9.90 Å². The molecule has 3 rings (SSSR count). The Labute approximate surface area is 120 Å². The molecule has 0 atom stereocenters. The van der Waals surface area contributed by atoms with Crippen LogP contribution in [0, 0.1) is 0 Å². The van der Waals surface area contributed by atoms with Crippen molar-refractivity contribution in [2.24, 2.45) is 0 Å². The second-order valence-corrected chi connectivity index (χ2v) is 4.61. The van der Waals surface area contributed by atoms with Crippen molar-refractivity contribution in [2.45, 2.75) is 0 Å². The zero-order valence-electron chi connectivity index (χ0n) is 11.1. The van der Waals surface area contributed by atoms with Crippen LogP contribution in [0.15, 0.2) is 65.8 Å². The van der Waals surface area contributed by atoms with Crippen LogP contribution in [0.4, 0.5) is 5.82 Å². The topological polar surface area (TPSA) is 81.1 Å². The molecule has 0 amide bonds. The van der Waals surface area contributed by atoms with Crippen molar-refractivity contribution in [1.29, 1.82) is 0 Å². The third-order valence-corrected chi connectivity index (χ3v) is 3.18. The molecule has 0 unspecified atom stereocenters. The van der Waals surface area contributed by atoms with Crippen LogP contribution in [0.5, 0.6) is 5.75 Å². The number of nitrogen functional groups attached to an aromatic ring is 1. The molecule has 104 valence electrons. The van der Waals surface area contributed by atoms with Crippen LogP contribution in [0.2, 0.25) is 0 Å². The summed E-state index contributed by atoms with van der Waals surface area (Å²) < 4.78 is 1.57. The number of rotatable bonds is 2. The normalized spacial score (nSPS) is 10.5. The average molecular weight is 279 g/mol. The molecule has 0 spiro atoms. The lowest BCUT2D eigenvalue weighted by molar-refractivity contribution is 0.466. The largest absolute Gasteiger partial charge is 0.503 e. The molecule has 1 aromatic carbocycles. The minimum absolute atomic E-state index is 0.265. The molecule has 0 aliphatic carbocycles. The number of pyridine rings is 2. The zero-order chi connectivity index (χ0) is 14.8. The van der Waals surface area contributed by atoms with Gasteiger partial charge in [-0.25, -0.2) is 0 Å². The summed E-state index contributed by atoms with van der Waals surface area (Å²) in [6.45, 7) is 0. The fourth-order valence-electron chi connectivity index (χ4n) is 2.13. The fraction of sp³-hybridized carbons (Fsp3) is 0.